The maximum absolute atomic E-state index is 14.0. The average molecular weight is 466 g/mol. The van der Waals surface area contributed by atoms with Crippen LogP contribution in [0.5, 0.6) is 0 Å². The van der Waals surface area contributed by atoms with Gasteiger partial charge in [0.05, 0.1) is 18.2 Å². The Kier molecular flexibility index (Phi) is 5.30. The predicted octanol–water partition coefficient (Wildman–Crippen LogP) is 2.60. The number of hydrogen-bond acceptors (Lipinski definition) is 10. The molecule has 13 heteroatoms. The standard InChI is InChI=1S/C21H16F2N8O3/c22-21(23)16-12(18(33)31-21)6-7-15(28-16)29-20-24-8-13(19-25-10-26-34-19)17(30-20)27-14(9-32)11-4-2-1-3-5-11/h1-8,10,14,32H,9H2,(H,31,33)(H2,24,27,28,29,30)/t14-/m1/s1. The summed E-state index contributed by atoms with van der Waals surface area (Å²) in [6, 6.07) is 7.69. The number of aliphatic hydroxyl groups is 1. The number of carbonyl (C=O) groups is 1. The van der Waals surface area contributed by atoms with Crippen LogP contribution in [0.4, 0.5) is 26.4 Å². The molecule has 1 aromatic carbocycles. The summed E-state index contributed by atoms with van der Waals surface area (Å²) in [5.74, 6) is -0.495. The van der Waals surface area contributed by atoms with E-state index >= 15 is 0 Å². The Balaban J connectivity index is 1.48. The predicted molar refractivity (Wildman–Crippen MR) is 114 cm³/mol. The van der Waals surface area contributed by atoms with E-state index in [0.717, 1.165) is 5.56 Å². The molecule has 3 aromatic heterocycles. The van der Waals surface area contributed by atoms with Crippen molar-refractivity contribution in [3.63, 3.8) is 0 Å². The van der Waals surface area contributed by atoms with Gasteiger partial charge < -0.3 is 20.3 Å². The topological polar surface area (TPSA) is 151 Å². The largest absolute Gasteiger partial charge is 0.394 e. The van der Waals surface area contributed by atoms with E-state index in [1.807, 2.05) is 30.3 Å². The molecule has 1 amide bonds. The van der Waals surface area contributed by atoms with E-state index < -0.39 is 23.7 Å². The van der Waals surface area contributed by atoms with Gasteiger partial charge in [0, 0.05) is 6.20 Å². The molecule has 1 aliphatic heterocycles. The highest BCUT2D eigenvalue weighted by molar-refractivity contribution is 5.99. The number of amides is 1. The van der Waals surface area contributed by atoms with Crippen molar-refractivity contribution in [2.75, 3.05) is 17.2 Å². The molecule has 11 nitrogen and oxygen atoms in total. The van der Waals surface area contributed by atoms with E-state index in [1.165, 1.54) is 24.7 Å². The fourth-order valence-corrected chi connectivity index (χ4v) is 3.42. The minimum Gasteiger partial charge on any atom is -0.394 e. The Morgan fingerprint density at radius 2 is 1.91 bits per heavy atom. The van der Waals surface area contributed by atoms with Crippen LogP contribution in [0.2, 0.25) is 0 Å². The molecule has 0 unspecified atom stereocenters. The third-order valence-corrected chi connectivity index (χ3v) is 5.02. The van der Waals surface area contributed by atoms with Gasteiger partial charge >= 0.3 is 6.05 Å². The Morgan fingerprint density at radius 1 is 1.09 bits per heavy atom. The Hall–Kier alpha value is -4.52. The van der Waals surface area contributed by atoms with Gasteiger partial charge in [0.1, 0.15) is 22.9 Å². The van der Waals surface area contributed by atoms with Gasteiger partial charge in [0.25, 0.3) is 11.8 Å². The van der Waals surface area contributed by atoms with E-state index in [0.29, 0.717) is 5.56 Å². The number of alkyl halides is 2. The number of nitrogens with one attached hydrogen (secondary N) is 3. The first-order chi connectivity index (χ1) is 16.4. The monoisotopic (exact) mass is 466 g/mol. The highest BCUT2D eigenvalue weighted by Crippen LogP contribution is 2.34. The van der Waals surface area contributed by atoms with Crippen LogP contribution < -0.4 is 16.0 Å². The van der Waals surface area contributed by atoms with Crippen molar-refractivity contribution >= 4 is 23.5 Å². The minimum atomic E-state index is -3.58. The number of carbonyl (C=O) groups excluding carboxylic acids is 1. The third-order valence-electron chi connectivity index (χ3n) is 5.02. The molecule has 1 aliphatic rings. The first kappa shape index (κ1) is 21.3. The number of fused-ring (bicyclic) bond motifs is 1. The Bertz CT molecular complexity index is 1340. The fraction of sp³-hybridized carbons (Fsp3) is 0.143. The van der Waals surface area contributed by atoms with Crippen LogP contribution >= 0.6 is 0 Å². The van der Waals surface area contributed by atoms with Gasteiger partial charge in [-0.05, 0) is 17.7 Å². The summed E-state index contributed by atoms with van der Waals surface area (Å²) in [4.78, 5) is 28.1. The molecule has 5 rings (SSSR count). The maximum atomic E-state index is 14.0. The molecular formula is C21H16F2N8O3. The number of halogens is 2. The van der Waals surface area contributed by atoms with Crippen molar-refractivity contribution in [1.29, 1.82) is 0 Å². The van der Waals surface area contributed by atoms with Crippen LogP contribution in [0.25, 0.3) is 11.5 Å². The van der Waals surface area contributed by atoms with Crippen molar-refractivity contribution in [1.82, 2.24) is 30.4 Å². The maximum Gasteiger partial charge on any atom is 0.370 e. The molecule has 0 aliphatic carbocycles. The molecule has 0 saturated heterocycles. The molecule has 34 heavy (non-hydrogen) atoms. The molecule has 0 spiro atoms. The van der Waals surface area contributed by atoms with Gasteiger partial charge in [-0.2, -0.15) is 18.7 Å². The van der Waals surface area contributed by atoms with Gasteiger partial charge in [-0.25, -0.2) is 9.97 Å². The van der Waals surface area contributed by atoms with Crippen molar-refractivity contribution in [3.8, 4) is 11.5 Å². The summed E-state index contributed by atoms with van der Waals surface area (Å²) in [7, 11) is 0. The van der Waals surface area contributed by atoms with Crippen LogP contribution in [0.1, 0.15) is 27.7 Å². The van der Waals surface area contributed by atoms with E-state index in [1.54, 1.807) is 5.32 Å². The van der Waals surface area contributed by atoms with Crippen molar-refractivity contribution in [2.24, 2.45) is 0 Å². The molecule has 0 radical (unpaired) electrons. The second-order valence-corrected chi connectivity index (χ2v) is 7.24. The molecule has 0 saturated carbocycles. The Labute approximate surface area is 190 Å². The smallest absolute Gasteiger partial charge is 0.370 e. The van der Waals surface area contributed by atoms with E-state index in [9.17, 15) is 18.7 Å². The lowest BCUT2D eigenvalue weighted by Gasteiger charge is -2.19. The summed E-state index contributed by atoms with van der Waals surface area (Å²) in [5, 5.41) is 21.0. The highest BCUT2D eigenvalue weighted by Gasteiger charge is 2.45. The summed E-state index contributed by atoms with van der Waals surface area (Å²) in [6.07, 6.45) is 2.62. The van der Waals surface area contributed by atoms with Crippen molar-refractivity contribution in [2.45, 2.75) is 12.1 Å². The lowest BCUT2D eigenvalue weighted by atomic mass is 10.1. The Morgan fingerprint density at radius 3 is 2.65 bits per heavy atom. The lowest BCUT2D eigenvalue weighted by Crippen LogP contribution is -2.30. The number of aliphatic hydroxyl groups excluding tert-OH is 1. The number of nitrogens with zero attached hydrogens (tertiary/aromatic N) is 5. The van der Waals surface area contributed by atoms with Crippen LogP contribution in [0, 0.1) is 0 Å². The number of aromatic nitrogens is 5. The summed E-state index contributed by atoms with van der Waals surface area (Å²) < 4.78 is 33.2. The normalized spacial score (nSPS) is 14.9. The summed E-state index contributed by atoms with van der Waals surface area (Å²) >= 11 is 0. The van der Waals surface area contributed by atoms with E-state index in [2.05, 4.69) is 35.7 Å². The highest BCUT2D eigenvalue weighted by atomic mass is 19.3. The number of benzene rings is 1. The van der Waals surface area contributed by atoms with Crippen molar-refractivity contribution < 1.29 is 23.2 Å². The molecule has 0 bridgehead atoms. The van der Waals surface area contributed by atoms with Gasteiger partial charge in [-0.1, -0.05) is 35.5 Å². The number of rotatable bonds is 7. The minimum absolute atomic E-state index is 0.00758. The molecule has 4 N–H and O–H groups in total. The first-order valence-electron chi connectivity index (χ1n) is 10.00. The number of anilines is 3. The molecule has 1 atom stereocenters. The van der Waals surface area contributed by atoms with Crippen LogP contribution in [0.3, 0.4) is 0 Å². The van der Waals surface area contributed by atoms with E-state index in [4.69, 9.17) is 4.52 Å². The zero-order valence-electron chi connectivity index (χ0n) is 17.2. The summed E-state index contributed by atoms with van der Waals surface area (Å²) in [6.45, 7) is -0.247. The first-order valence-corrected chi connectivity index (χ1v) is 10.00. The second-order valence-electron chi connectivity index (χ2n) is 7.24. The van der Waals surface area contributed by atoms with E-state index in [-0.39, 0.29) is 35.6 Å². The van der Waals surface area contributed by atoms with Gasteiger partial charge in [0.15, 0.2) is 6.33 Å². The van der Waals surface area contributed by atoms with Crippen LogP contribution in [-0.2, 0) is 6.05 Å². The molecule has 4 heterocycles. The summed E-state index contributed by atoms with van der Waals surface area (Å²) in [5.41, 5.74) is 0.266. The quantitative estimate of drug-likeness (QED) is 0.299. The van der Waals surface area contributed by atoms with Gasteiger partial charge in [0.2, 0.25) is 5.95 Å². The second kappa shape index (κ2) is 8.44. The fourth-order valence-electron chi connectivity index (χ4n) is 3.42. The zero-order valence-corrected chi connectivity index (χ0v) is 17.2. The SMILES string of the molecule is O=C1NC(F)(F)c2nc(Nc3ncc(-c4ncno4)c(N[C@H](CO)c4ccccc4)n3)ccc21. The molecule has 172 valence electrons. The molecule has 0 fully saturated rings. The molecule has 4 aromatic rings. The zero-order chi connectivity index (χ0) is 23.7. The van der Waals surface area contributed by atoms with Gasteiger partial charge in [-0.15, -0.1) is 0 Å². The van der Waals surface area contributed by atoms with Crippen LogP contribution in [-0.4, -0.2) is 42.7 Å². The lowest BCUT2D eigenvalue weighted by molar-refractivity contribution is -0.0278. The molecular weight excluding hydrogens is 450 g/mol. The van der Waals surface area contributed by atoms with Gasteiger partial charge in [-0.3, -0.25) is 10.1 Å². The third kappa shape index (κ3) is 3.99. The van der Waals surface area contributed by atoms with Crippen molar-refractivity contribution in [3.05, 3.63) is 71.8 Å². The number of hydrogen-bond donors (Lipinski definition) is 4. The van der Waals surface area contributed by atoms with Crippen LogP contribution in [0.15, 0.2) is 59.5 Å². The average Bonchev–Trinajstić information content (AvgIpc) is 3.44. The number of pyridine rings is 1.